The van der Waals surface area contributed by atoms with Crippen molar-refractivity contribution < 1.29 is 13.9 Å². The predicted octanol–water partition coefficient (Wildman–Crippen LogP) is 2.40. The maximum Gasteiger partial charge on any atom is 0.343 e. The van der Waals surface area contributed by atoms with Gasteiger partial charge < -0.3 is 19.0 Å². The Morgan fingerprint density at radius 1 is 1.25 bits per heavy atom. The van der Waals surface area contributed by atoms with Crippen molar-refractivity contribution in [2.75, 3.05) is 44.3 Å². The first kappa shape index (κ1) is 19.6. The van der Waals surface area contributed by atoms with Crippen LogP contribution in [0.5, 0.6) is 0 Å². The van der Waals surface area contributed by atoms with Crippen LogP contribution in [0.4, 0.5) is 5.69 Å². The number of nitrogens with zero attached hydrogens (tertiary/aromatic N) is 3. The van der Waals surface area contributed by atoms with Gasteiger partial charge in [-0.25, -0.2) is 4.79 Å². The molecule has 28 heavy (non-hydrogen) atoms. The number of rotatable bonds is 5. The molecule has 2 heterocycles. The number of fused-ring (bicyclic) bond motifs is 1. The number of carbonyl (C=O) groups is 1. The van der Waals surface area contributed by atoms with E-state index in [0.717, 1.165) is 24.2 Å². The van der Waals surface area contributed by atoms with E-state index in [1.807, 2.05) is 24.3 Å². The van der Waals surface area contributed by atoms with Crippen molar-refractivity contribution in [2.24, 2.45) is 0 Å². The van der Waals surface area contributed by atoms with Gasteiger partial charge in [0, 0.05) is 43.3 Å². The van der Waals surface area contributed by atoms with Crippen LogP contribution in [0, 0.1) is 11.3 Å². The van der Waals surface area contributed by atoms with Gasteiger partial charge in [0.05, 0.1) is 18.8 Å². The molecular formula is C21H23N3O4. The first-order chi connectivity index (χ1) is 13.6. The molecule has 2 aromatic rings. The average Bonchev–Trinajstić information content (AvgIpc) is 2.73. The van der Waals surface area contributed by atoms with E-state index in [1.54, 1.807) is 11.0 Å². The summed E-state index contributed by atoms with van der Waals surface area (Å²) in [6.45, 7) is 7.56. The number of anilines is 1. The molecule has 0 unspecified atom stereocenters. The minimum absolute atomic E-state index is 0.0895. The summed E-state index contributed by atoms with van der Waals surface area (Å²) in [5, 5.41) is 10.1. The smallest absolute Gasteiger partial charge is 0.343 e. The van der Waals surface area contributed by atoms with Crippen LogP contribution in [0.15, 0.2) is 39.1 Å². The fraction of sp³-hybridized carbons (Fsp3) is 0.381. The van der Waals surface area contributed by atoms with Crippen LogP contribution in [0.1, 0.15) is 19.4 Å². The Bertz CT molecular complexity index is 993. The van der Waals surface area contributed by atoms with Gasteiger partial charge in [-0.15, -0.1) is 0 Å². The van der Waals surface area contributed by atoms with Crippen molar-refractivity contribution in [3.05, 3.63) is 45.8 Å². The summed E-state index contributed by atoms with van der Waals surface area (Å²) in [5.74, 6) is -0.401. The van der Waals surface area contributed by atoms with Gasteiger partial charge in [-0.05, 0) is 38.1 Å². The highest BCUT2D eigenvalue weighted by Gasteiger charge is 2.21. The Balaban J connectivity index is 1.96. The second-order valence-electron chi connectivity index (χ2n) is 6.46. The Morgan fingerprint density at radius 3 is 2.61 bits per heavy atom. The van der Waals surface area contributed by atoms with Crippen molar-refractivity contribution >= 4 is 28.6 Å². The molecular weight excluding hydrogens is 358 g/mol. The Hall–Kier alpha value is -3.11. The van der Waals surface area contributed by atoms with Crippen LogP contribution < -0.4 is 10.5 Å². The van der Waals surface area contributed by atoms with Gasteiger partial charge in [0.1, 0.15) is 17.2 Å². The minimum atomic E-state index is -0.577. The number of benzene rings is 1. The maximum absolute atomic E-state index is 12.5. The summed E-state index contributed by atoms with van der Waals surface area (Å²) in [6.07, 6.45) is 1.31. The number of amides is 1. The highest BCUT2D eigenvalue weighted by molar-refractivity contribution is 6.02. The molecule has 1 aromatic carbocycles. The largest absolute Gasteiger partial charge is 0.422 e. The third-order valence-corrected chi connectivity index (χ3v) is 4.82. The van der Waals surface area contributed by atoms with E-state index in [-0.39, 0.29) is 11.1 Å². The van der Waals surface area contributed by atoms with Gasteiger partial charge in [-0.2, -0.15) is 5.26 Å². The highest BCUT2D eigenvalue weighted by Crippen LogP contribution is 2.22. The SMILES string of the molecule is CCN(CC)c1ccc2cc(/C=C(\C#N)C(=O)N3CCOCC3)c(=O)oc2c1. The zero-order valence-electron chi connectivity index (χ0n) is 16.1. The topological polar surface area (TPSA) is 86.8 Å². The fourth-order valence-corrected chi connectivity index (χ4v) is 3.24. The predicted molar refractivity (Wildman–Crippen MR) is 107 cm³/mol. The van der Waals surface area contributed by atoms with E-state index in [1.165, 1.54) is 6.08 Å². The zero-order valence-corrected chi connectivity index (χ0v) is 16.1. The lowest BCUT2D eigenvalue weighted by Gasteiger charge is -2.26. The highest BCUT2D eigenvalue weighted by atomic mass is 16.5. The molecule has 146 valence electrons. The molecule has 7 nitrogen and oxygen atoms in total. The third-order valence-electron chi connectivity index (χ3n) is 4.82. The standard InChI is InChI=1S/C21H23N3O4/c1-3-23(4-2)18-6-5-15-11-16(21(26)28-19(15)13-18)12-17(14-22)20(25)24-7-9-27-10-8-24/h5-6,11-13H,3-4,7-10H2,1-2H3/b17-12+. The first-order valence-corrected chi connectivity index (χ1v) is 9.39. The van der Waals surface area contributed by atoms with Gasteiger partial charge in [0.2, 0.25) is 0 Å². The summed E-state index contributed by atoms with van der Waals surface area (Å²) < 4.78 is 10.7. The number of nitriles is 1. The van der Waals surface area contributed by atoms with Crippen LogP contribution in [0.2, 0.25) is 0 Å². The number of hydrogen-bond acceptors (Lipinski definition) is 6. The summed E-state index contributed by atoms with van der Waals surface area (Å²) in [7, 11) is 0. The molecule has 7 heteroatoms. The summed E-state index contributed by atoms with van der Waals surface area (Å²) in [5.41, 5.74) is 0.968. The quantitative estimate of drug-likeness (QED) is 0.449. The normalized spacial score (nSPS) is 14.8. The molecule has 0 N–H and O–H groups in total. The number of hydrogen-bond donors (Lipinski definition) is 0. The molecule has 1 fully saturated rings. The molecule has 0 saturated carbocycles. The average molecular weight is 381 g/mol. The molecule has 0 radical (unpaired) electrons. The van der Waals surface area contributed by atoms with Gasteiger partial charge in [-0.3, -0.25) is 4.79 Å². The molecule has 0 atom stereocenters. The maximum atomic E-state index is 12.5. The van der Waals surface area contributed by atoms with Crippen LogP contribution in [0.3, 0.4) is 0 Å². The van der Waals surface area contributed by atoms with Crippen LogP contribution in [0.25, 0.3) is 17.0 Å². The second-order valence-corrected chi connectivity index (χ2v) is 6.46. The van der Waals surface area contributed by atoms with Crippen LogP contribution in [-0.4, -0.2) is 50.2 Å². The van der Waals surface area contributed by atoms with Crippen molar-refractivity contribution in [3.63, 3.8) is 0 Å². The molecule has 0 bridgehead atoms. The third kappa shape index (κ3) is 4.07. The molecule has 1 amide bonds. The molecule has 0 aliphatic carbocycles. The van der Waals surface area contributed by atoms with Crippen molar-refractivity contribution in [3.8, 4) is 6.07 Å². The number of carbonyl (C=O) groups excluding carboxylic acids is 1. The van der Waals surface area contributed by atoms with Crippen LogP contribution >= 0.6 is 0 Å². The number of ether oxygens (including phenoxy) is 1. The molecule has 1 aliphatic heterocycles. The van der Waals surface area contributed by atoms with E-state index in [2.05, 4.69) is 18.7 Å². The second kappa shape index (κ2) is 8.72. The van der Waals surface area contributed by atoms with E-state index in [0.29, 0.717) is 31.9 Å². The number of morpholine rings is 1. The van der Waals surface area contributed by atoms with E-state index in [9.17, 15) is 14.9 Å². The minimum Gasteiger partial charge on any atom is -0.422 e. The molecule has 3 rings (SSSR count). The van der Waals surface area contributed by atoms with Crippen molar-refractivity contribution in [1.29, 1.82) is 5.26 Å². The monoisotopic (exact) mass is 381 g/mol. The lowest BCUT2D eigenvalue weighted by atomic mass is 10.1. The summed E-state index contributed by atoms with van der Waals surface area (Å²) in [4.78, 5) is 28.7. The zero-order chi connectivity index (χ0) is 20.1. The summed E-state index contributed by atoms with van der Waals surface area (Å²) in [6, 6.07) is 9.23. The molecule has 1 saturated heterocycles. The van der Waals surface area contributed by atoms with Gasteiger partial charge in [0.25, 0.3) is 5.91 Å². The fourth-order valence-electron chi connectivity index (χ4n) is 3.24. The lowest BCUT2D eigenvalue weighted by molar-refractivity contribution is -0.130. The Kier molecular flexibility index (Phi) is 6.12. The Labute approximate surface area is 163 Å². The molecule has 1 aromatic heterocycles. The Morgan fingerprint density at radius 2 is 1.96 bits per heavy atom. The van der Waals surface area contributed by atoms with Gasteiger partial charge >= 0.3 is 5.63 Å². The molecule has 0 spiro atoms. The van der Waals surface area contributed by atoms with Gasteiger partial charge in [-0.1, -0.05) is 0 Å². The van der Waals surface area contributed by atoms with E-state index >= 15 is 0 Å². The summed E-state index contributed by atoms with van der Waals surface area (Å²) >= 11 is 0. The van der Waals surface area contributed by atoms with Gasteiger partial charge in [0.15, 0.2) is 0 Å². The lowest BCUT2D eigenvalue weighted by Crippen LogP contribution is -2.41. The van der Waals surface area contributed by atoms with E-state index in [4.69, 9.17) is 9.15 Å². The van der Waals surface area contributed by atoms with E-state index < -0.39 is 11.5 Å². The van der Waals surface area contributed by atoms with Crippen molar-refractivity contribution in [2.45, 2.75) is 13.8 Å². The first-order valence-electron chi connectivity index (χ1n) is 9.39. The van der Waals surface area contributed by atoms with Crippen molar-refractivity contribution in [1.82, 2.24) is 4.90 Å². The molecule has 1 aliphatic rings. The van der Waals surface area contributed by atoms with Crippen LogP contribution in [-0.2, 0) is 9.53 Å².